The van der Waals surface area contributed by atoms with Crippen molar-refractivity contribution in [2.24, 2.45) is 0 Å². The molecule has 0 aliphatic rings. The second-order valence-corrected chi connectivity index (χ2v) is 4.93. The smallest absolute Gasteiger partial charge is 0.256 e. The summed E-state index contributed by atoms with van der Waals surface area (Å²) in [6, 6.07) is 12.7. The van der Waals surface area contributed by atoms with Gasteiger partial charge in [-0.2, -0.15) is 0 Å². The maximum absolute atomic E-state index is 12.3. The van der Waals surface area contributed by atoms with Crippen LogP contribution in [0.15, 0.2) is 42.5 Å². The Morgan fingerprint density at radius 1 is 0.900 bits per heavy atom. The summed E-state index contributed by atoms with van der Waals surface area (Å²) in [5.41, 5.74) is 3.75. The minimum absolute atomic E-state index is 0.115. The van der Waals surface area contributed by atoms with Crippen molar-refractivity contribution in [2.75, 3.05) is 5.32 Å². The van der Waals surface area contributed by atoms with Crippen LogP contribution in [-0.4, -0.2) is 11.7 Å². The van der Waals surface area contributed by atoms with Crippen LogP contribution in [0.25, 0.3) is 0 Å². The van der Waals surface area contributed by atoms with Gasteiger partial charge >= 0.3 is 0 Å². The van der Waals surface area contributed by atoms with Gasteiger partial charge in [0.05, 0.1) is 5.56 Å². The van der Waals surface area contributed by atoms with Gasteiger partial charge < -0.3 is 5.32 Å². The van der Waals surface area contributed by atoms with Crippen molar-refractivity contribution in [3.05, 3.63) is 64.7 Å². The molecule has 0 spiro atoms. The Morgan fingerprint density at radius 3 is 2.00 bits per heavy atom. The van der Waals surface area contributed by atoms with Gasteiger partial charge in [-0.25, -0.2) is 0 Å². The Labute approximate surface area is 118 Å². The van der Waals surface area contributed by atoms with Gasteiger partial charge in [-0.3, -0.25) is 9.59 Å². The van der Waals surface area contributed by atoms with Crippen LogP contribution in [0.5, 0.6) is 0 Å². The molecule has 0 aliphatic heterocycles. The molecular weight excluding hydrogens is 250 g/mol. The highest BCUT2D eigenvalue weighted by molar-refractivity contribution is 6.12. The molecule has 0 bridgehead atoms. The molecule has 0 saturated carbocycles. The van der Waals surface area contributed by atoms with Crippen molar-refractivity contribution in [2.45, 2.75) is 20.8 Å². The summed E-state index contributed by atoms with van der Waals surface area (Å²) in [6.45, 7) is 5.42. The van der Waals surface area contributed by atoms with Crippen molar-refractivity contribution >= 4 is 17.4 Å². The Bertz CT molecular complexity index is 654. The second kappa shape index (κ2) is 5.70. The molecule has 3 nitrogen and oxygen atoms in total. The number of carbonyl (C=O) groups excluding carboxylic acids is 2. The first-order chi connectivity index (χ1) is 9.47. The van der Waals surface area contributed by atoms with Gasteiger partial charge in [-0.05, 0) is 50.1 Å². The van der Waals surface area contributed by atoms with Gasteiger partial charge in [-0.15, -0.1) is 0 Å². The number of rotatable bonds is 3. The number of aryl methyl sites for hydroxylation is 2. The summed E-state index contributed by atoms with van der Waals surface area (Å²) in [5, 5.41) is 2.84. The molecule has 2 rings (SSSR count). The molecule has 2 aromatic carbocycles. The summed E-state index contributed by atoms with van der Waals surface area (Å²) < 4.78 is 0. The van der Waals surface area contributed by atoms with Crippen LogP contribution in [-0.2, 0) is 0 Å². The topological polar surface area (TPSA) is 46.2 Å². The van der Waals surface area contributed by atoms with E-state index in [1.54, 1.807) is 24.3 Å². The van der Waals surface area contributed by atoms with E-state index in [-0.39, 0.29) is 11.7 Å². The number of carbonyl (C=O) groups is 2. The van der Waals surface area contributed by atoms with Gasteiger partial charge in [-0.1, -0.05) is 24.3 Å². The SMILES string of the molecule is CC(=O)c1ccccc1C(=O)Nc1cc(C)cc(C)c1. The standard InChI is InChI=1S/C17H17NO2/c1-11-8-12(2)10-14(9-11)18-17(20)16-7-5-4-6-15(16)13(3)19/h4-10H,1-3H3,(H,18,20). The van der Waals surface area contributed by atoms with Gasteiger partial charge in [0.1, 0.15) is 0 Å². The highest BCUT2D eigenvalue weighted by atomic mass is 16.2. The van der Waals surface area contributed by atoms with Crippen molar-refractivity contribution in [1.82, 2.24) is 0 Å². The molecule has 0 atom stereocenters. The zero-order valence-corrected chi connectivity index (χ0v) is 11.9. The first-order valence-electron chi connectivity index (χ1n) is 6.47. The maximum Gasteiger partial charge on any atom is 0.256 e. The fraction of sp³-hybridized carbons (Fsp3) is 0.176. The Hall–Kier alpha value is -2.42. The van der Waals surface area contributed by atoms with E-state index in [0.717, 1.165) is 16.8 Å². The number of ketones is 1. The van der Waals surface area contributed by atoms with E-state index < -0.39 is 0 Å². The van der Waals surface area contributed by atoms with Crippen LogP contribution in [0.4, 0.5) is 5.69 Å². The predicted octanol–water partition coefficient (Wildman–Crippen LogP) is 3.76. The lowest BCUT2D eigenvalue weighted by atomic mass is 10.0. The van der Waals surface area contributed by atoms with E-state index in [0.29, 0.717) is 11.1 Å². The summed E-state index contributed by atoms with van der Waals surface area (Å²) >= 11 is 0. The molecule has 0 saturated heterocycles. The summed E-state index contributed by atoms with van der Waals surface area (Å²) in [6.07, 6.45) is 0. The first-order valence-corrected chi connectivity index (χ1v) is 6.47. The average molecular weight is 267 g/mol. The Balaban J connectivity index is 2.31. The average Bonchev–Trinajstić information content (AvgIpc) is 2.37. The third-order valence-corrected chi connectivity index (χ3v) is 3.03. The quantitative estimate of drug-likeness (QED) is 0.861. The molecular formula is C17H17NO2. The van der Waals surface area contributed by atoms with Gasteiger partial charge in [0.25, 0.3) is 5.91 Å². The lowest BCUT2D eigenvalue weighted by Gasteiger charge is -2.09. The zero-order chi connectivity index (χ0) is 14.7. The van der Waals surface area contributed by atoms with Crippen LogP contribution in [0.2, 0.25) is 0 Å². The fourth-order valence-corrected chi connectivity index (χ4v) is 2.23. The van der Waals surface area contributed by atoms with Crippen molar-refractivity contribution < 1.29 is 9.59 Å². The molecule has 0 heterocycles. The van der Waals surface area contributed by atoms with E-state index >= 15 is 0 Å². The molecule has 2 aromatic rings. The largest absolute Gasteiger partial charge is 0.322 e. The molecule has 0 aliphatic carbocycles. The van der Waals surface area contributed by atoms with Crippen molar-refractivity contribution in [1.29, 1.82) is 0 Å². The van der Waals surface area contributed by atoms with Crippen LogP contribution in [0, 0.1) is 13.8 Å². The van der Waals surface area contributed by atoms with E-state index in [1.807, 2.05) is 32.0 Å². The van der Waals surface area contributed by atoms with Gasteiger partial charge in [0.2, 0.25) is 0 Å². The number of nitrogens with one attached hydrogen (secondary N) is 1. The monoisotopic (exact) mass is 267 g/mol. The predicted molar refractivity (Wildman–Crippen MR) is 80.3 cm³/mol. The van der Waals surface area contributed by atoms with Crippen LogP contribution < -0.4 is 5.32 Å². The first kappa shape index (κ1) is 14.0. The number of hydrogen-bond acceptors (Lipinski definition) is 2. The van der Waals surface area contributed by atoms with Crippen molar-refractivity contribution in [3.63, 3.8) is 0 Å². The van der Waals surface area contributed by atoms with E-state index in [9.17, 15) is 9.59 Å². The minimum Gasteiger partial charge on any atom is -0.322 e. The molecule has 1 amide bonds. The Morgan fingerprint density at radius 2 is 1.45 bits per heavy atom. The highest BCUT2D eigenvalue weighted by Crippen LogP contribution is 2.16. The molecule has 20 heavy (non-hydrogen) atoms. The number of anilines is 1. The molecule has 102 valence electrons. The molecule has 3 heteroatoms. The molecule has 0 radical (unpaired) electrons. The zero-order valence-electron chi connectivity index (χ0n) is 11.9. The van der Waals surface area contributed by atoms with Gasteiger partial charge in [0, 0.05) is 11.3 Å². The van der Waals surface area contributed by atoms with Gasteiger partial charge in [0.15, 0.2) is 5.78 Å². The fourth-order valence-electron chi connectivity index (χ4n) is 2.23. The lowest BCUT2D eigenvalue weighted by Crippen LogP contribution is -2.15. The summed E-state index contributed by atoms with van der Waals surface area (Å²) in [4.78, 5) is 23.8. The second-order valence-electron chi connectivity index (χ2n) is 4.93. The summed E-state index contributed by atoms with van der Waals surface area (Å²) in [7, 11) is 0. The minimum atomic E-state index is -0.263. The van der Waals surface area contributed by atoms with Crippen molar-refractivity contribution in [3.8, 4) is 0 Å². The highest BCUT2D eigenvalue weighted by Gasteiger charge is 2.13. The number of amides is 1. The van der Waals surface area contributed by atoms with E-state index in [1.165, 1.54) is 6.92 Å². The van der Waals surface area contributed by atoms with E-state index in [4.69, 9.17) is 0 Å². The summed E-state index contributed by atoms with van der Waals surface area (Å²) in [5.74, 6) is -0.378. The van der Waals surface area contributed by atoms with Crippen LogP contribution in [0.3, 0.4) is 0 Å². The third kappa shape index (κ3) is 3.12. The third-order valence-electron chi connectivity index (χ3n) is 3.03. The molecule has 0 aromatic heterocycles. The Kier molecular flexibility index (Phi) is 3.99. The molecule has 0 fully saturated rings. The van der Waals surface area contributed by atoms with E-state index in [2.05, 4.69) is 5.32 Å². The number of Topliss-reactive ketones (excluding diaryl/α,β-unsaturated/α-hetero) is 1. The lowest BCUT2D eigenvalue weighted by molar-refractivity contribution is 0.0985. The number of hydrogen-bond donors (Lipinski definition) is 1. The number of benzene rings is 2. The molecule has 1 N–H and O–H groups in total. The normalized spacial score (nSPS) is 10.2. The van der Waals surface area contributed by atoms with Crippen LogP contribution in [0.1, 0.15) is 38.8 Å². The molecule has 0 unspecified atom stereocenters. The maximum atomic E-state index is 12.3. The van der Waals surface area contributed by atoms with Crippen LogP contribution >= 0.6 is 0 Å².